The Bertz CT molecular complexity index is 618. The molecule has 0 heterocycles. The number of aliphatic imine (C=N–C) groups is 1. The molecule has 7 nitrogen and oxygen atoms in total. The number of hydrogen-bond donors (Lipinski definition) is 2. The van der Waals surface area contributed by atoms with Crippen LogP contribution in [0.1, 0.15) is 12.5 Å². The monoisotopic (exact) mass is 357 g/mol. The molecule has 0 atom stereocenters. The zero-order chi connectivity index (χ0) is 17.8. The van der Waals surface area contributed by atoms with Gasteiger partial charge in [-0.1, -0.05) is 12.1 Å². The molecule has 8 heteroatoms. The van der Waals surface area contributed by atoms with E-state index >= 15 is 0 Å². The minimum Gasteiger partial charge on any atom is -0.497 e. The summed E-state index contributed by atoms with van der Waals surface area (Å²) in [4.78, 5) is 4.50. The first-order valence-electron chi connectivity index (χ1n) is 7.85. The molecular weight excluding hydrogens is 330 g/mol. The molecular formula is C16H27N3O4S. The molecule has 0 aliphatic rings. The zero-order valence-corrected chi connectivity index (χ0v) is 15.4. The molecule has 0 bridgehead atoms. The predicted molar refractivity (Wildman–Crippen MR) is 96.3 cm³/mol. The quantitative estimate of drug-likeness (QED) is 0.366. The van der Waals surface area contributed by atoms with E-state index in [1.165, 1.54) is 6.26 Å². The lowest BCUT2D eigenvalue weighted by Crippen LogP contribution is -2.39. The van der Waals surface area contributed by atoms with Gasteiger partial charge in [0, 0.05) is 19.3 Å². The summed E-state index contributed by atoms with van der Waals surface area (Å²) in [7, 11) is -1.34. The Morgan fingerprint density at radius 1 is 1.25 bits per heavy atom. The first kappa shape index (κ1) is 20.2. The van der Waals surface area contributed by atoms with E-state index in [1.807, 2.05) is 31.2 Å². The highest BCUT2D eigenvalue weighted by atomic mass is 32.2. The molecule has 0 radical (unpaired) electrons. The summed E-state index contributed by atoms with van der Waals surface area (Å²) in [5, 5.41) is 6.30. The fraction of sp³-hybridized carbons (Fsp3) is 0.562. The second kappa shape index (κ2) is 10.9. The minimum atomic E-state index is -2.97. The van der Waals surface area contributed by atoms with Gasteiger partial charge in [-0.2, -0.15) is 0 Å². The summed E-state index contributed by atoms with van der Waals surface area (Å²) >= 11 is 0. The van der Waals surface area contributed by atoms with Gasteiger partial charge in [0.25, 0.3) is 0 Å². The predicted octanol–water partition coefficient (Wildman–Crippen LogP) is 0.812. The first-order valence-corrected chi connectivity index (χ1v) is 9.91. The molecule has 0 amide bonds. The van der Waals surface area contributed by atoms with Gasteiger partial charge in [-0.3, -0.25) is 0 Å². The van der Waals surface area contributed by atoms with Gasteiger partial charge in [0.05, 0.1) is 32.6 Å². The number of methoxy groups -OCH3 is 1. The van der Waals surface area contributed by atoms with Gasteiger partial charge < -0.3 is 20.1 Å². The number of nitrogens with zero attached hydrogens (tertiary/aromatic N) is 1. The second-order valence-corrected chi connectivity index (χ2v) is 7.48. The molecule has 0 aromatic heterocycles. The number of sulfone groups is 1. The van der Waals surface area contributed by atoms with Crippen molar-refractivity contribution in [1.29, 1.82) is 0 Å². The minimum absolute atomic E-state index is 0.0387. The number of nitrogens with one attached hydrogen (secondary N) is 2. The Morgan fingerprint density at radius 2 is 2.04 bits per heavy atom. The van der Waals surface area contributed by atoms with E-state index < -0.39 is 9.84 Å². The van der Waals surface area contributed by atoms with Crippen LogP contribution in [0.25, 0.3) is 0 Å². The Hall–Kier alpha value is -1.80. The van der Waals surface area contributed by atoms with Gasteiger partial charge in [0.15, 0.2) is 5.96 Å². The van der Waals surface area contributed by atoms with E-state index in [0.29, 0.717) is 25.7 Å². The molecule has 1 aromatic rings. The van der Waals surface area contributed by atoms with E-state index in [2.05, 4.69) is 15.6 Å². The van der Waals surface area contributed by atoms with Crippen LogP contribution in [-0.2, 0) is 21.1 Å². The molecule has 1 aromatic carbocycles. The van der Waals surface area contributed by atoms with Crippen molar-refractivity contribution in [1.82, 2.24) is 10.6 Å². The maximum Gasteiger partial charge on any atom is 0.191 e. The van der Waals surface area contributed by atoms with E-state index in [4.69, 9.17) is 9.47 Å². The summed E-state index contributed by atoms with van der Waals surface area (Å²) < 4.78 is 32.5. The second-order valence-electron chi connectivity index (χ2n) is 5.22. The topological polar surface area (TPSA) is 89.0 Å². The lowest BCUT2D eigenvalue weighted by molar-refractivity contribution is 0.154. The van der Waals surface area contributed by atoms with Crippen molar-refractivity contribution in [2.75, 3.05) is 45.4 Å². The SMILES string of the molecule is CCNC(=NCc1cccc(OC)c1)NCCOCCS(C)(=O)=O. The van der Waals surface area contributed by atoms with Crippen LogP contribution in [0.5, 0.6) is 5.75 Å². The van der Waals surface area contributed by atoms with Gasteiger partial charge >= 0.3 is 0 Å². The van der Waals surface area contributed by atoms with Crippen LogP contribution in [0.2, 0.25) is 0 Å². The third-order valence-corrected chi connectivity index (χ3v) is 3.94. The van der Waals surface area contributed by atoms with E-state index in [9.17, 15) is 8.42 Å². The van der Waals surface area contributed by atoms with Crippen LogP contribution in [0.4, 0.5) is 0 Å². The summed E-state index contributed by atoms with van der Waals surface area (Å²) in [6.07, 6.45) is 1.20. The zero-order valence-electron chi connectivity index (χ0n) is 14.5. The van der Waals surface area contributed by atoms with Crippen LogP contribution in [0.15, 0.2) is 29.3 Å². The van der Waals surface area contributed by atoms with Crippen LogP contribution in [-0.4, -0.2) is 59.8 Å². The molecule has 0 saturated carbocycles. The number of guanidine groups is 1. The maximum absolute atomic E-state index is 11.0. The average molecular weight is 357 g/mol. The van der Waals surface area contributed by atoms with Gasteiger partial charge in [0.2, 0.25) is 0 Å². The van der Waals surface area contributed by atoms with Crippen molar-refractivity contribution in [3.8, 4) is 5.75 Å². The van der Waals surface area contributed by atoms with E-state index in [1.54, 1.807) is 7.11 Å². The van der Waals surface area contributed by atoms with Crippen molar-refractivity contribution >= 4 is 15.8 Å². The molecule has 24 heavy (non-hydrogen) atoms. The average Bonchev–Trinajstić information content (AvgIpc) is 2.54. The van der Waals surface area contributed by atoms with Crippen molar-refractivity contribution in [2.45, 2.75) is 13.5 Å². The normalized spacial score (nSPS) is 12.0. The fourth-order valence-electron chi connectivity index (χ4n) is 1.84. The van der Waals surface area contributed by atoms with Crippen molar-refractivity contribution < 1.29 is 17.9 Å². The van der Waals surface area contributed by atoms with Crippen LogP contribution < -0.4 is 15.4 Å². The van der Waals surface area contributed by atoms with Crippen LogP contribution in [0, 0.1) is 0 Å². The van der Waals surface area contributed by atoms with Crippen molar-refractivity contribution in [2.24, 2.45) is 4.99 Å². The first-order chi connectivity index (χ1) is 11.4. The summed E-state index contributed by atoms with van der Waals surface area (Å²) in [5.41, 5.74) is 1.05. The molecule has 136 valence electrons. The lowest BCUT2D eigenvalue weighted by Gasteiger charge is -2.11. The summed E-state index contributed by atoms with van der Waals surface area (Å²) in [6, 6.07) is 7.76. The number of ether oxygens (including phenoxy) is 2. The van der Waals surface area contributed by atoms with Gasteiger partial charge in [-0.25, -0.2) is 13.4 Å². The third kappa shape index (κ3) is 9.36. The molecule has 0 aliphatic carbocycles. The molecule has 1 rings (SSSR count). The number of rotatable bonds is 10. The summed E-state index contributed by atoms with van der Waals surface area (Å²) in [6.45, 7) is 4.44. The van der Waals surface area contributed by atoms with Gasteiger partial charge in [-0.15, -0.1) is 0 Å². The Kier molecular flexibility index (Phi) is 9.18. The van der Waals surface area contributed by atoms with Crippen LogP contribution in [0.3, 0.4) is 0 Å². The highest BCUT2D eigenvalue weighted by molar-refractivity contribution is 7.90. The Labute approximate surface area is 144 Å². The van der Waals surface area contributed by atoms with Crippen molar-refractivity contribution in [3.05, 3.63) is 29.8 Å². The molecule has 0 fully saturated rings. The van der Waals surface area contributed by atoms with E-state index in [-0.39, 0.29) is 12.4 Å². The smallest absolute Gasteiger partial charge is 0.191 e. The number of hydrogen-bond acceptors (Lipinski definition) is 5. The highest BCUT2D eigenvalue weighted by Gasteiger charge is 2.02. The molecule has 0 aliphatic heterocycles. The molecule has 0 saturated heterocycles. The van der Waals surface area contributed by atoms with Gasteiger partial charge in [-0.05, 0) is 24.6 Å². The maximum atomic E-state index is 11.0. The highest BCUT2D eigenvalue weighted by Crippen LogP contribution is 2.12. The molecule has 2 N–H and O–H groups in total. The standard InChI is InChI=1S/C16H27N3O4S/c1-4-17-16(18-8-9-23-10-11-24(3,20)21)19-13-14-6-5-7-15(12-14)22-2/h5-7,12H,4,8-11,13H2,1-3H3,(H2,17,18,19). The molecule has 0 spiro atoms. The Morgan fingerprint density at radius 3 is 2.71 bits per heavy atom. The number of benzene rings is 1. The Balaban J connectivity index is 2.39. The van der Waals surface area contributed by atoms with Gasteiger partial charge in [0.1, 0.15) is 15.6 Å². The third-order valence-electron chi connectivity index (χ3n) is 3.04. The van der Waals surface area contributed by atoms with Crippen molar-refractivity contribution in [3.63, 3.8) is 0 Å². The molecule has 0 unspecified atom stereocenters. The van der Waals surface area contributed by atoms with Crippen LogP contribution >= 0.6 is 0 Å². The van der Waals surface area contributed by atoms with E-state index in [0.717, 1.165) is 17.9 Å². The lowest BCUT2D eigenvalue weighted by atomic mass is 10.2. The fourth-order valence-corrected chi connectivity index (χ4v) is 2.26. The summed E-state index contributed by atoms with van der Waals surface area (Å²) in [5.74, 6) is 1.53. The largest absolute Gasteiger partial charge is 0.497 e.